The first-order valence-corrected chi connectivity index (χ1v) is 5.84. The number of carboxylic acids is 1. The van der Waals surface area contributed by atoms with Gasteiger partial charge in [-0.05, 0) is 33.8 Å². The lowest BCUT2D eigenvalue weighted by atomic mass is 10.2. The third-order valence-electron chi connectivity index (χ3n) is 1.70. The van der Waals surface area contributed by atoms with E-state index in [0.29, 0.717) is 5.00 Å². The molecule has 0 aliphatic heterocycles. The minimum atomic E-state index is -1.07. The van der Waals surface area contributed by atoms with Crippen LogP contribution in [0.25, 0.3) is 0 Å². The Labute approximate surface area is 103 Å². The van der Waals surface area contributed by atoms with Gasteiger partial charge < -0.3 is 9.84 Å². The zero-order chi connectivity index (χ0) is 13.2. The third kappa shape index (κ3) is 4.07. The Balaban J connectivity index is 2.81. The maximum atomic E-state index is 11.5. The van der Waals surface area contributed by atoms with Gasteiger partial charge in [-0.15, -0.1) is 11.3 Å². The zero-order valence-electron chi connectivity index (χ0n) is 10.2. The second-order valence-electron chi connectivity index (χ2n) is 4.53. The second kappa shape index (κ2) is 4.75. The van der Waals surface area contributed by atoms with Crippen molar-refractivity contribution in [3.05, 3.63) is 16.5 Å². The van der Waals surface area contributed by atoms with Crippen LogP contribution in [0.1, 0.15) is 36.0 Å². The highest BCUT2D eigenvalue weighted by Gasteiger charge is 2.20. The first kappa shape index (κ1) is 13.5. The van der Waals surface area contributed by atoms with Crippen molar-refractivity contribution >= 4 is 28.4 Å². The quantitative estimate of drug-likeness (QED) is 0.853. The molecule has 0 bridgehead atoms. The Morgan fingerprint density at radius 2 is 2.00 bits per heavy atom. The molecule has 0 radical (unpaired) electrons. The van der Waals surface area contributed by atoms with Crippen molar-refractivity contribution in [3.63, 3.8) is 0 Å². The molecule has 6 heteroatoms. The standard InChI is InChI=1S/C11H15NO4S/c1-6-5-7(9(13)14)8(17-6)12-10(15)16-11(2,3)4/h5H,1-4H3,(H,12,15)(H,13,14). The maximum Gasteiger partial charge on any atom is 0.412 e. The molecule has 0 spiro atoms. The van der Waals surface area contributed by atoms with Gasteiger partial charge in [0.2, 0.25) is 0 Å². The minimum absolute atomic E-state index is 0.0818. The van der Waals surface area contributed by atoms with E-state index in [2.05, 4.69) is 5.32 Å². The van der Waals surface area contributed by atoms with Gasteiger partial charge in [0.1, 0.15) is 10.6 Å². The van der Waals surface area contributed by atoms with Gasteiger partial charge in [0.05, 0.1) is 5.56 Å². The Bertz CT molecular complexity index is 445. The average Bonchev–Trinajstić information content (AvgIpc) is 2.42. The van der Waals surface area contributed by atoms with Crippen LogP contribution < -0.4 is 5.32 Å². The zero-order valence-corrected chi connectivity index (χ0v) is 11.0. The molecular formula is C11H15NO4S. The topological polar surface area (TPSA) is 75.6 Å². The lowest BCUT2D eigenvalue weighted by molar-refractivity contribution is 0.0636. The van der Waals surface area contributed by atoms with Gasteiger partial charge in [-0.25, -0.2) is 9.59 Å². The predicted octanol–water partition coefficient (Wildman–Crippen LogP) is 3.10. The molecular weight excluding hydrogens is 242 g/mol. The van der Waals surface area contributed by atoms with Crippen molar-refractivity contribution in [2.75, 3.05) is 5.32 Å². The summed E-state index contributed by atoms with van der Waals surface area (Å²) in [5.41, 5.74) is -0.530. The van der Waals surface area contributed by atoms with E-state index >= 15 is 0 Å². The molecule has 94 valence electrons. The van der Waals surface area contributed by atoms with Gasteiger partial charge in [0.15, 0.2) is 0 Å². The van der Waals surface area contributed by atoms with Gasteiger partial charge in [-0.3, -0.25) is 5.32 Å². The number of amides is 1. The smallest absolute Gasteiger partial charge is 0.412 e. The third-order valence-corrected chi connectivity index (χ3v) is 2.67. The largest absolute Gasteiger partial charge is 0.478 e. The molecule has 1 rings (SSSR count). The van der Waals surface area contributed by atoms with Gasteiger partial charge in [-0.2, -0.15) is 0 Å². The summed E-state index contributed by atoms with van der Waals surface area (Å²) in [6, 6.07) is 1.51. The molecule has 0 unspecified atom stereocenters. The molecule has 1 amide bonds. The summed E-state index contributed by atoms with van der Waals surface area (Å²) in [7, 11) is 0. The lowest BCUT2D eigenvalue weighted by Gasteiger charge is -2.19. The van der Waals surface area contributed by atoms with Crippen LogP contribution in [-0.4, -0.2) is 22.8 Å². The summed E-state index contributed by atoms with van der Waals surface area (Å²) in [6.07, 6.45) is -0.651. The summed E-state index contributed by atoms with van der Waals surface area (Å²) in [5.74, 6) is -1.07. The summed E-state index contributed by atoms with van der Waals surface area (Å²) in [6.45, 7) is 7.00. The number of hydrogen-bond donors (Lipinski definition) is 2. The number of carbonyl (C=O) groups is 2. The SMILES string of the molecule is Cc1cc(C(=O)O)c(NC(=O)OC(C)(C)C)s1. The molecule has 0 saturated carbocycles. The van der Waals surface area contributed by atoms with Crippen molar-refractivity contribution in [2.24, 2.45) is 0 Å². The average molecular weight is 257 g/mol. The van der Waals surface area contributed by atoms with E-state index in [1.54, 1.807) is 27.7 Å². The van der Waals surface area contributed by atoms with E-state index in [4.69, 9.17) is 9.84 Å². The monoisotopic (exact) mass is 257 g/mol. The van der Waals surface area contributed by atoms with E-state index in [-0.39, 0.29) is 5.56 Å². The van der Waals surface area contributed by atoms with Crippen LogP contribution >= 0.6 is 11.3 Å². The number of anilines is 1. The summed E-state index contributed by atoms with van der Waals surface area (Å²) < 4.78 is 5.05. The Morgan fingerprint density at radius 1 is 1.41 bits per heavy atom. The number of aryl methyl sites for hydroxylation is 1. The molecule has 17 heavy (non-hydrogen) atoms. The van der Waals surface area contributed by atoms with Crippen LogP contribution in [0.3, 0.4) is 0 Å². The van der Waals surface area contributed by atoms with E-state index < -0.39 is 17.7 Å². The molecule has 1 aromatic rings. The molecule has 5 nitrogen and oxygen atoms in total. The Morgan fingerprint density at radius 3 is 2.47 bits per heavy atom. The van der Waals surface area contributed by atoms with Crippen molar-refractivity contribution in [3.8, 4) is 0 Å². The number of aromatic carboxylic acids is 1. The number of carboxylic acid groups (broad SMARTS) is 1. The molecule has 0 saturated heterocycles. The van der Waals surface area contributed by atoms with Crippen molar-refractivity contribution in [1.82, 2.24) is 0 Å². The van der Waals surface area contributed by atoms with Crippen LogP contribution in [0.5, 0.6) is 0 Å². The number of nitrogens with one attached hydrogen (secondary N) is 1. The van der Waals surface area contributed by atoms with Crippen LogP contribution in [0.15, 0.2) is 6.07 Å². The van der Waals surface area contributed by atoms with Crippen LogP contribution in [0.4, 0.5) is 9.80 Å². The number of thiophene rings is 1. The lowest BCUT2D eigenvalue weighted by Crippen LogP contribution is -2.27. The minimum Gasteiger partial charge on any atom is -0.478 e. The molecule has 0 aliphatic carbocycles. The van der Waals surface area contributed by atoms with Gasteiger partial charge in [-0.1, -0.05) is 0 Å². The van der Waals surface area contributed by atoms with E-state index in [1.165, 1.54) is 17.4 Å². The number of ether oxygens (including phenoxy) is 1. The number of rotatable bonds is 2. The van der Waals surface area contributed by atoms with Gasteiger partial charge in [0.25, 0.3) is 0 Å². The molecule has 0 aromatic carbocycles. The first-order chi connectivity index (χ1) is 7.69. The van der Waals surface area contributed by atoms with Crippen molar-refractivity contribution in [2.45, 2.75) is 33.3 Å². The van der Waals surface area contributed by atoms with Crippen LogP contribution in [-0.2, 0) is 4.74 Å². The highest BCUT2D eigenvalue weighted by atomic mass is 32.1. The molecule has 1 heterocycles. The van der Waals surface area contributed by atoms with Crippen LogP contribution in [0, 0.1) is 6.92 Å². The van der Waals surface area contributed by atoms with E-state index in [0.717, 1.165) is 4.88 Å². The van der Waals surface area contributed by atoms with E-state index in [9.17, 15) is 9.59 Å². The van der Waals surface area contributed by atoms with Gasteiger partial charge in [0, 0.05) is 4.88 Å². The van der Waals surface area contributed by atoms with E-state index in [1.807, 2.05) is 0 Å². The fourth-order valence-electron chi connectivity index (χ4n) is 1.16. The molecule has 2 N–H and O–H groups in total. The number of hydrogen-bond acceptors (Lipinski definition) is 4. The number of carbonyl (C=O) groups excluding carboxylic acids is 1. The fourth-order valence-corrected chi connectivity index (χ4v) is 2.05. The summed E-state index contributed by atoms with van der Waals surface area (Å²) in [5, 5.41) is 11.7. The Hall–Kier alpha value is -1.56. The Kier molecular flexibility index (Phi) is 3.77. The molecule has 1 aromatic heterocycles. The fraction of sp³-hybridized carbons (Fsp3) is 0.455. The normalized spacial score (nSPS) is 11.1. The summed E-state index contributed by atoms with van der Waals surface area (Å²) >= 11 is 1.20. The maximum absolute atomic E-state index is 11.5. The van der Waals surface area contributed by atoms with Gasteiger partial charge >= 0.3 is 12.1 Å². The molecule has 0 atom stereocenters. The second-order valence-corrected chi connectivity index (χ2v) is 5.79. The highest BCUT2D eigenvalue weighted by molar-refractivity contribution is 7.16. The first-order valence-electron chi connectivity index (χ1n) is 5.03. The highest BCUT2D eigenvalue weighted by Crippen LogP contribution is 2.28. The van der Waals surface area contributed by atoms with Crippen molar-refractivity contribution in [1.29, 1.82) is 0 Å². The molecule has 0 aliphatic rings. The molecule has 0 fully saturated rings. The predicted molar refractivity (Wildman–Crippen MR) is 65.9 cm³/mol. The van der Waals surface area contributed by atoms with Crippen molar-refractivity contribution < 1.29 is 19.4 Å². The summed E-state index contributed by atoms with van der Waals surface area (Å²) in [4.78, 5) is 23.2. The van der Waals surface area contributed by atoms with Crippen LogP contribution in [0.2, 0.25) is 0 Å².